The first-order valence-corrected chi connectivity index (χ1v) is 6.86. The molecule has 0 aliphatic carbocycles. The van der Waals surface area contributed by atoms with Crippen LogP contribution in [0.25, 0.3) is 0 Å². The molecule has 102 valence electrons. The van der Waals surface area contributed by atoms with Gasteiger partial charge in [0.25, 0.3) is 0 Å². The normalized spacial score (nSPS) is 19.5. The molecule has 0 saturated carbocycles. The van der Waals surface area contributed by atoms with Gasteiger partial charge in [0.2, 0.25) is 11.8 Å². The SMILES string of the molecule is CCCc1ccc(N2C(=O)CNC(=O)C2CC)cc1. The Morgan fingerprint density at radius 1 is 1.21 bits per heavy atom. The van der Waals surface area contributed by atoms with Gasteiger partial charge in [-0.1, -0.05) is 32.4 Å². The van der Waals surface area contributed by atoms with Crippen LogP contribution in [0.2, 0.25) is 0 Å². The maximum Gasteiger partial charge on any atom is 0.247 e. The summed E-state index contributed by atoms with van der Waals surface area (Å²) >= 11 is 0. The fourth-order valence-corrected chi connectivity index (χ4v) is 2.46. The number of carbonyl (C=O) groups excluding carboxylic acids is 2. The van der Waals surface area contributed by atoms with Crippen LogP contribution >= 0.6 is 0 Å². The fourth-order valence-electron chi connectivity index (χ4n) is 2.46. The first-order chi connectivity index (χ1) is 9.17. The lowest BCUT2D eigenvalue weighted by Gasteiger charge is -2.34. The molecule has 0 aromatic heterocycles. The first-order valence-electron chi connectivity index (χ1n) is 6.86. The number of nitrogens with one attached hydrogen (secondary N) is 1. The molecule has 1 aromatic carbocycles. The average molecular weight is 260 g/mol. The maximum atomic E-state index is 12.0. The lowest BCUT2D eigenvalue weighted by atomic mass is 10.1. The molecule has 4 heteroatoms. The van der Waals surface area contributed by atoms with Crippen LogP contribution in [0.15, 0.2) is 24.3 Å². The van der Waals surface area contributed by atoms with E-state index in [0.29, 0.717) is 6.42 Å². The summed E-state index contributed by atoms with van der Waals surface area (Å²) in [4.78, 5) is 25.5. The van der Waals surface area contributed by atoms with Gasteiger partial charge < -0.3 is 5.32 Å². The highest BCUT2D eigenvalue weighted by Gasteiger charge is 2.33. The Labute approximate surface area is 113 Å². The third kappa shape index (κ3) is 2.78. The molecule has 19 heavy (non-hydrogen) atoms. The quantitative estimate of drug-likeness (QED) is 0.898. The summed E-state index contributed by atoms with van der Waals surface area (Å²) in [5.41, 5.74) is 2.07. The Kier molecular flexibility index (Phi) is 4.20. The van der Waals surface area contributed by atoms with Gasteiger partial charge in [-0.3, -0.25) is 14.5 Å². The summed E-state index contributed by atoms with van der Waals surface area (Å²) in [5.74, 6) is -0.116. The molecule has 1 atom stereocenters. The molecule has 1 unspecified atom stereocenters. The van der Waals surface area contributed by atoms with Crippen LogP contribution in [0, 0.1) is 0 Å². The lowest BCUT2D eigenvalue weighted by molar-refractivity contribution is -0.131. The van der Waals surface area contributed by atoms with Gasteiger partial charge in [-0.25, -0.2) is 0 Å². The second-order valence-electron chi connectivity index (χ2n) is 4.82. The molecule has 1 aliphatic rings. The molecule has 1 fully saturated rings. The van der Waals surface area contributed by atoms with Gasteiger partial charge in [0, 0.05) is 5.69 Å². The topological polar surface area (TPSA) is 49.4 Å². The molecule has 4 nitrogen and oxygen atoms in total. The van der Waals surface area contributed by atoms with Crippen LogP contribution in [0.4, 0.5) is 5.69 Å². The number of benzene rings is 1. The van der Waals surface area contributed by atoms with Crippen LogP contribution in [0.5, 0.6) is 0 Å². The Bertz CT molecular complexity index is 468. The standard InChI is InChI=1S/C15H20N2O2/c1-3-5-11-6-8-12(9-7-11)17-13(4-2)15(19)16-10-14(17)18/h6-9,13H,3-5,10H2,1-2H3,(H,16,19). The number of carbonyl (C=O) groups is 2. The molecule has 2 amide bonds. The Morgan fingerprint density at radius 2 is 1.89 bits per heavy atom. The van der Waals surface area contributed by atoms with Gasteiger partial charge in [-0.2, -0.15) is 0 Å². The Balaban J connectivity index is 2.26. The van der Waals surface area contributed by atoms with Gasteiger partial charge in [0.15, 0.2) is 0 Å². The molecule has 1 aromatic rings. The number of aryl methyl sites for hydroxylation is 1. The minimum atomic E-state index is -0.390. The van der Waals surface area contributed by atoms with Crippen molar-refractivity contribution in [1.82, 2.24) is 5.32 Å². The van der Waals surface area contributed by atoms with Gasteiger partial charge in [0.05, 0.1) is 6.54 Å². The van der Waals surface area contributed by atoms with Crippen molar-refractivity contribution in [1.29, 1.82) is 0 Å². The second kappa shape index (κ2) is 5.87. The van der Waals surface area contributed by atoms with Crippen molar-refractivity contribution in [3.8, 4) is 0 Å². The molecular weight excluding hydrogens is 240 g/mol. The molecule has 0 spiro atoms. The molecule has 2 rings (SSSR count). The first kappa shape index (κ1) is 13.6. The second-order valence-corrected chi connectivity index (χ2v) is 4.82. The summed E-state index contributed by atoms with van der Waals surface area (Å²) in [7, 11) is 0. The summed E-state index contributed by atoms with van der Waals surface area (Å²) in [5, 5.41) is 2.63. The number of amides is 2. The van der Waals surface area contributed by atoms with E-state index in [2.05, 4.69) is 12.2 Å². The highest BCUT2D eigenvalue weighted by atomic mass is 16.2. The molecular formula is C15H20N2O2. The molecule has 0 bridgehead atoms. The van der Waals surface area contributed by atoms with E-state index in [1.165, 1.54) is 5.56 Å². The predicted molar refractivity (Wildman–Crippen MR) is 75.0 cm³/mol. The molecule has 1 heterocycles. The van der Waals surface area contributed by atoms with Crippen molar-refractivity contribution in [3.05, 3.63) is 29.8 Å². The summed E-state index contributed by atoms with van der Waals surface area (Å²) in [6.45, 7) is 4.15. The fraction of sp³-hybridized carbons (Fsp3) is 0.467. The van der Waals surface area contributed by atoms with E-state index in [9.17, 15) is 9.59 Å². The highest BCUT2D eigenvalue weighted by molar-refractivity contribution is 6.06. The molecule has 0 radical (unpaired) electrons. The lowest BCUT2D eigenvalue weighted by Crippen LogP contribution is -2.58. The smallest absolute Gasteiger partial charge is 0.247 e. The zero-order chi connectivity index (χ0) is 13.8. The van der Waals surface area contributed by atoms with Crippen molar-refractivity contribution in [3.63, 3.8) is 0 Å². The van der Waals surface area contributed by atoms with Gasteiger partial charge in [-0.15, -0.1) is 0 Å². The van der Waals surface area contributed by atoms with Crippen LogP contribution in [-0.4, -0.2) is 24.4 Å². The van der Waals surface area contributed by atoms with Crippen LogP contribution in [0.3, 0.4) is 0 Å². The molecule has 1 saturated heterocycles. The van der Waals surface area contributed by atoms with E-state index in [4.69, 9.17) is 0 Å². The van der Waals surface area contributed by atoms with Crippen molar-refractivity contribution in [2.45, 2.75) is 39.2 Å². The van der Waals surface area contributed by atoms with E-state index in [1.54, 1.807) is 4.90 Å². The van der Waals surface area contributed by atoms with Crippen molar-refractivity contribution in [2.24, 2.45) is 0 Å². The van der Waals surface area contributed by atoms with Crippen LogP contribution in [-0.2, 0) is 16.0 Å². The van der Waals surface area contributed by atoms with Crippen LogP contribution < -0.4 is 10.2 Å². The van der Waals surface area contributed by atoms with E-state index in [1.807, 2.05) is 31.2 Å². The zero-order valence-electron chi connectivity index (χ0n) is 11.5. The molecule has 1 aliphatic heterocycles. The number of piperazine rings is 1. The minimum absolute atomic E-state index is 0.0466. The van der Waals surface area contributed by atoms with Crippen molar-refractivity contribution < 1.29 is 9.59 Å². The third-order valence-electron chi connectivity index (χ3n) is 3.44. The van der Waals surface area contributed by atoms with Gasteiger partial charge >= 0.3 is 0 Å². The number of anilines is 1. The highest BCUT2D eigenvalue weighted by Crippen LogP contribution is 2.22. The van der Waals surface area contributed by atoms with E-state index < -0.39 is 6.04 Å². The molecule has 1 N–H and O–H groups in total. The minimum Gasteiger partial charge on any atom is -0.345 e. The number of hydrogen-bond donors (Lipinski definition) is 1. The van der Waals surface area contributed by atoms with E-state index >= 15 is 0 Å². The third-order valence-corrected chi connectivity index (χ3v) is 3.44. The van der Waals surface area contributed by atoms with Gasteiger partial charge in [0.1, 0.15) is 6.04 Å². The van der Waals surface area contributed by atoms with Gasteiger partial charge in [-0.05, 0) is 30.5 Å². The monoisotopic (exact) mass is 260 g/mol. The van der Waals surface area contributed by atoms with Crippen molar-refractivity contribution >= 4 is 17.5 Å². The predicted octanol–water partition coefficient (Wildman–Crippen LogP) is 1.88. The van der Waals surface area contributed by atoms with E-state index in [0.717, 1.165) is 18.5 Å². The number of nitrogens with zero attached hydrogens (tertiary/aromatic N) is 1. The Morgan fingerprint density at radius 3 is 2.47 bits per heavy atom. The zero-order valence-corrected chi connectivity index (χ0v) is 11.5. The average Bonchev–Trinajstić information content (AvgIpc) is 2.42. The largest absolute Gasteiger partial charge is 0.345 e. The van der Waals surface area contributed by atoms with Crippen LogP contribution in [0.1, 0.15) is 32.3 Å². The van der Waals surface area contributed by atoms with Crippen molar-refractivity contribution in [2.75, 3.05) is 11.4 Å². The Hall–Kier alpha value is -1.84. The number of rotatable bonds is 4. The summed E-state index contributed by atoms with van der Waals surface area (Å²) in [6, 6.07) is 7.55. The summed E-state index contributed by atoms with van der Waals surface area (Å²) in [6.07, 6.45) is 2.75. The maximum absolute atomic E-state index is 12.0. The van der Waals surface area contributed by atoms with E-state index in [-0.39, 0.29) is 18.4 Å². The number of hydrogen-bond acceptors (Lipinski definition) is 2. The summed E-state index contributed by atoms with van der Waals surface area (Å²) < 4.78 is 0.